The summed E-state index contributed by atoms with van der Waals surface area (Å²) in [5.41, 5.74) is 2.78. The molecule has 1 fully saturated rings. The summed E-state index contributed by atoms with van der Waals surface area (Å²) in [7, 11) is 0. The number of nitrogens with zero attached hydrogens (tertiary/aromatic N) is 2. The van der Waals surface area contributed by atoms with Crippen molar-refractivity contribution < 1.29 is 19.1 Å². The first-order valence-corrected chi connectivity index (χ1v) is 10.8. The average molecular weight is 421 g/mol. The molecule has 2 amide bonds. The van der Waals surface area contributed by atoms with E-state index in [1.54, 1.807) is 0 Å². The van der Waals surface area contributed by atoms with Gasteiger partial charge in [-0.15, -0.1) is 0 Å². The number of imide groups is 1. The third kappa shape index (κ3) is 4.64. The molecule has 0 atom stereocenters. The van der Waals surface area contributed by atoms with Gasteiger partial charge in [0.15, 0.2) is 0 Å². The Morgan fingerprint density at radius 2 is 1.61 bits per heavy atom. The molecule has 0 N–H and O–H groups in total. The highest BCUT2D eigenvalue weighted by molar-refractivity contribution is 6.35. The lowest BCUT2D eigenvalue weighted by Crippen LogP contribution is -2.40. The number of morpholine rings is 1. The quantitative estimate of drug-likeness (QED) is 0.644. The first-order valence-electron chi connectivity index (χ1n) is 10.8. The van der Waals surface area contributed by atoms with Gasteiger partial charge in [0.2, 0.25) is 0 Å². The fourth-order valence-electron chi connectivity index (χ4n) is 3.96. The molecule has 4 rings (SSSR count). The first-order chi connectivity index (χ1) is 15.0. The number of hydrogen-bond acceptors (Lipinski definition) is 5. The number of rotatable bonds is 7. The molecule has 2 aromatic rings. The van der Waals surface area contributed by atoms with Crippen LogP contribution in [-0.2, 0) is 20.7 Å². The van der Waals surface area contributed by atoms with Crippen molar-refractivity contribution in [3.8, 4) is 5.75 Å². The molecule has 2 aromatic carbocycles. The van der Waals surface area contributed by atoms with Gasteiger partial charge < -0.3 is 14.4 Å². The number of ether oxygens (including phenoxy) is 2. The lowest BCUT2D eigenvalue weighted by Gasteiger charge is -2.29. The van der Waals surface area contributed by atoms with Crippen molar-refractivity contribution in [2.24, 2.45) is 0 Å². The summed E-state index contributed by atoms with van der Waals surface area (Å²) >= 11 is 0. The van der Waals surface area contributed by atoms with E-state index < -0.39 is 0 Å². The van der Waals surface area contributed by atoms with Crippen LogP contribution in [0.1, 0.15) is 25.0 Å². The third-order valence-electron chi connectivity index (χ3n) is 5.45. The van der Waals surface area contributed by atoms with E-state index in [4.69, 9.17) is 9.47 Å². The summed E-state index contributed by atoms with van der Waals surface area (Å²) in [6, 6.07) is 17.3. The van der Waals surface area contributed by atoms with Gasteiger partial charge in [-0.3, -0.25) is 14.5 Å². The maximum absolute atomic E-state index is 13.4. The molecule has 31 heavy (non-hydrogen) atoms. The van der Waals surface area contributed by atoms with E-state index in [1.807, 2.05) is 73.3 Å². The Hall–Kier alpha value is -3.12. The second-order valence-electron chi connectivity index (χ2n) is 8.01. The van der Waals surface area contributed by atoms with Crippen LogP contribution in [0.25, 0.3) is 5.57 Å². The molecule has 2 aliphatic heterocycles. The van der Waals surface area contributed by atoms with Crippen molar-refractivity contribution in [1.29, 1.82) is 0 Å². The Kier molecular flexibility index (Phi) is 6.37. The Balaban J connectivity index is 1.63. The predicted octanol–water partition coefficient (Wildman–Crippen LogP) is 3.13. The number of benzene rings is 2. The van der Waals surface area contributed by atoms with Gasteiger partial charge in [-0.2, -0.15) is 0 Å². The average Bonchev–Trinajstić information content (AvgIpc) is 3.03. The van der Waals surface area contributed by atoms with E-state index in [9.17, 15) is 9.59 Å². The van der Waals surface area contributed by atoms with E-state index in [-0.39, 0.29) is 17.9 Å². The van der Waals surface area contributed by atoms with Crippen LogP contribution in [-0.4, -0.2) is 60.6 Å². The second kappa shape index (κ2) is 9.35. The normalized spacial score (nSPS) is 17.1. The van der Waals surface area contributed by atoms with Crippen LogP contribution in [0.15, 0.2) is 60.3 Å². The van der Waals surface area contributed by atoms with Crippen molar-refractivity contribution in [1.82, 2.24) is 9.80 Å². The van der Waals surface area contributed by atoms with Crippen LogP contribution >= 0.6 is 0 Å². The molecule has 2 aliphatic rings. The Morgan fingerprint density at radius 3 is 2.26 bits per heavy atom. The van der Waals surface area contributed by atoms with E-state index in [0.717, 1.165) is 16.9 Å². The minimum absolute atomic E-state index is 0.0668. The molecule has 0 unspecified atom stereocenters. The van der Waals surface area contributed by atoms with Crippen molar-refractivity contribution in [2.45, 2.75) is 26.4 Å². The fourth-order valence-corrected chi connectivity index (χ4v) is 3.96. The van der Waals surface area contributed by atoms with Crippen molar-refractivity contribution >= 4 is 17.4 Å². The van der Waals surface area contributed by atoms with Crippen molar-refractivity contribution in [3.63, 3.8) is 0 Å². The standard InChI is InChI=1S/C25H28N2O4/c1-18(2)31-21-10-8-20(9-11-21)22-23(26-14-16-30-17-15-26)25(29)27(24(22)28)13-12-19-6-4-3-5-7-19/h3-11,18H,12-17H2,1-2H3. The number of hydrogen-bond donors (Lipinski definition) is 0. The van der Waals surface area contributed by atoms with Gasteiger partial charge in [0, 0.05) is 19.6 Å². The maximum atomic E-state index is 13.4. The molecule has 0 aromatic heterocycles. The van der Waals surface area contributed by atoms with Gasteiger partial charge in [0.1, 0.15) is 11.4 Å². The van der Waals surface area contributed by atoms with Gasteiger partial charge in [-0.25, -0.2) is 0 Å². The number of carbonyl (C=O) groups excluding carboxylic acids is 2. The summed E-state index contributed by atoms with van der Waals surface area (Å²) in [5.74, 6) is 0.283. The van der Waals surface area contributed by atoms with Crippen LogP contribution in [0, 0.1) is 0 Å². The van der Waals surface area contributed by atoms with Gasteiger partial charge in [0.05, 0.1) is 24.9 Å². The minimum atomic E-state index is -0.236. The highest BCUT2D eigenvalue weighted by Gasteiger charge is 2.41. The van der Waals surface area contributed by atoms with Crippen LogP contribution < -0.4 is 4.74 Å². The monoisotopic (exact) mass is 420 g/mol. The SMILES string of the molecule is CC(C)Oc1ccc(C2=C(N3CCOCC3)C(=O)N(CCc3ccccc3)C2=O)cc1. The van der Waals surface area contributed by atoms with Crippen LogP contribution in [0.2, 0.25) is 0 Å². The molecule has 1 saturated heterocycles. The van der Waals surface area contributed by atoms with Gasteiger partial charge >= 0.3 is 0 Å². The smallest absolute Gasteiger partial charge is 0.277 e. The summed E-state index contributed by atoms with van der Waals surface area (Å²) < 4.78 is 11.2. The molecular formula is C25H28N2O4. The van der Waals surface area contributed by atoms with E-state index in [0.29, 0.717) is 50.5 Å². The molecular weight excluding hydrogens is 392 g/mol. The van der Waals surface area contributed by atoms with Crippen molar-refractivity contribution in [2.75, 3.05) is 32.8 Å². The summed E-state index contributed by atoms with van der Waals surface area (Å²) in [4.78, 5) is 30.2. The number of carbonyl (C=O) groups is 2. The molecule has 0 saturated carbocycles. The highest BCUT2D eigenvalue weighted by atomic mass is 16.5. The summed E-state index contributed by atoms with van der Waals surface area (Å²) in [6.07, 6.45) is 0.695. The maximum Gasteiger partial charge on any atom is 0.277 e. The van der Waals surface area contributed by atoms with Gasteiger partial charge in [0.25, 0.3) is 11.8 Å². The van der Waals surface area contributed by atoms with Gasteiger partial charge in [-0.1, -0.05) is 42.5 Å². The van der Waals surface area contributed by atoms with Gasteiger partial charge in [-0.05, 0) is 43.5 Å². The Labute approximate surface area is 183 Å². The third-order valence-corrected chi connectivity index (χ3v) is 5.45. The van der Waals surface area contributed by atoms with Crippen LogP contribution in [0.5, 0.6) is 5.75 Å². The molecule has 162 valence electrons. The lowest BCUT2D eigenvalue weighted by molar-refractivity contribution is -0.137. The van der Waals surface area contributed by atoms with E-state index >= 15 is 0 Å². The predicted molar refractivity (Wildman–Crippen MR) is 118 cm³/mol. The van der Waals surface area contributed by atoms with E-state index in [2.05, 4.69) is 0 Å². The molecule has 2 heterocycles. The fraction of sp³-hybridized carbons (Fsp3) is 0.360. The molecule has 0 aliphatic carbocycles. The zero-order valence-electron chi connectivity index (χ0n) is 18.0. The molecule has 0 spiro atoms. The Morgan fingerprint density at radius 1 is 0.935 bits per heavy atom. The lowest BCUT2D eigenvalue weighted by atomic mass is 10.0. The van der Waals surface area contributed by atoms with Crippen LogP contribution in [0.4, 0.5) is 0 Å². The van der Waals surface area contributed by atoms with Crippen molar-refractivity contribution in [3.05, 3.63) is 71.4 Å². The van der Waals surface area contributed by atoms with E-state index in [1.165, 1.54) is 4.90 Å². The minimum Gasteiger partial charge on any atom is -0.491 e. The second-order valence-corrected chi connectivity index (χ2v) is 8.01. The summed E-state index contributed by atoms with van der Waals surface area (Å²) in [6.45, 7) is 6.58. The summed E-state index contributed by atoms with van der Waals surface area (Å²) in [5, 5.41) is 0. The zero-order chi connectivity index (χ0) is 21.8. The first kappa shape index (κ1) is 21.1. The molecule has 0 radical (unpaired) electrons. The molecule has 6 heteroatoms. The molecule has 6 nitrogen and oxygen atoms in total. The number of amides is 2. The largest absolute Gasteiger partial charge is 0.491 e. The molecule has 0 bridgehead atoms. The zero-order valence-corrected chi connectivity index (χ0v) is 18.0. The highest BCUT2D eigenvalue weighted by Crippen LogP contribution is 2.33. The Bertz CT molecular complexity index is 961. The topological polar surface area (TPSA) is 59.1 Å². The van der Waals surface area contributed by atoms with Crippen LogP contribution in [0.3, 0.4) is 0 Å².